The number of primary amides is 1. The van der Waals surface area contributed by atoms with E-state index in [9.17, 15) is 14.4 Å². The fraction of sp³-hybridized carbons (Fsp3) is 0.423. The molecule has 6 nitrogen and oxygen atoms in total. The van der Waals surface area contributed by atoms with Gasteiger partial charge in [-0.05, 0) is 53.5 Å². The van der Waals surface area contributed by atoms with Crippen molar-refractivity contribution in [2.75, 3.05) is 0 Å². The molecule has 6 heteroatoms. The molecule has 1 aliphatic heterocycles. The number of carbonyl (C=O) groups excluding carboxylic acids is 3. The molecule has 3 amide bonds. The van der Waals surface area contributed by atoms with E-state index in [1.807, 2.05) is 18.2 Å². The standard InChI is InChI=1S/C26H31N3O3/c1-3-17(4-2)23-25(31)28-22(21-13-18-9-5-6-10-19(18)14-21)26(32)29(23)15-16-8-7-11-20(12-16)24(27)30/h5-12,17,21-23H,3-4,13-15H2,1-2H3,(H2,27,30)(H,28,31)/t22-,23-/m1/s1. The van der Waals surface area contributed by atoms with E-state index < -0.39 is 18.0 Å². The normalized spacial score (nSPS) is 21.0. The van der Waals surface area contributed by atoms with Crippen molar-refractivity contribution in [3.05, 3.63) is 70.8 Å². The molecule has 2 aliphatic rings. The lowest BCUT2D eigenvalue weighted by Crippen LogP contribution is -2.66. The monoisotopic (exact) mass is 433 g/mol. The quantitative estimate of drug-likeness (QED) is 0.703. The Morgan fingerprint density at radius 1 is 1.06 bits per heavy atom. The van der Waals surface area contributed by atoms with Crippen LogP contribution >= 0.6 is 0 Å². The molecule has 0 aromatic heterocycles. The third-order valence-corrected chi connectivity index (χ3v) is 7.06. The van der Waals surface area contributed by atoms with Crippen LogP contribution in [0.2, 0.25) is 0 Å². The van der Waals surface area contributed by atoms with Gasteiger partial charge in [0.1, 0.15) is 12.1 Å². The number of benzene rings is 2. The predicted octanol–water partition coefficient (Wildman–Crippen LogP) is 2.83. The average Bonchev–Trinajstić information content (AvgIpc) is 3.22. The van der Waals surface area contributed by atoms with E-state index in [0.29, 0.717) is 5.56 Å². The largest absolute Gasteiger partial charge is 0.366 e. The zero-order chi connectivity index (χ0) is 22.8. The highest BCUT2D eigenvalue weighted by Gasteiger charge is 2.46. The molecule has 0 saturated carbocycles. The van der Waals surface area contributed by atoms with Gasteiger partial charge in [0.15, 0.2) is 0 Å². The van der Waals surface area contributed by atoms with Crippen molar-refractivity contribution in [1.29, 1.82) is 0 Å². The number of fused-ring (bicyclic) bond motifs is 1. The number of carbonyl (C=O) groups is 3. The van der Waals surface area contributed by atoms with Crippen LogP contribution in [0.5, 0.6) is 0 Å². The number of hydrogen-bond donors (Lipinski definition) is 2. The smallest absolute Gasteiger partial charge is 0.248 e. The van der Waals surface area contributed by atoms with Crippen molar-refractivity contribution in [3.8, 4) is 0 Å². The molecule has 1 heterocycles. The summed E-state index contributed by atoms with van der Waals surface area (Å²) < 4.78 is 0. The van der Waals surface area contributed by atoms with Gasteiger partial charge in [0, 0.05) is 12.1 Å². The van der Waals surface area contributed by atoms with Crippen molar-refractivity contribution in [2.24, 2.45) is 17.6 Å². The number of hydrogen-bond acceptors (Lipinski definition) is 3. The summed E-state index contributed by atoms with van der Waals surface area (Å²) in [6.45, 7) is 4.39. The Kier molecular flexibility index (Phi) is 6.31. The highest BCUT2D eigenvalue weighted by molar-refractivity contribution is 5.97. The van der Waals surface area contributed by atoms with Gasteiger partial charge in [0.25, 0.3) is 0 Å². The van der Waals surface area contributed by atoms with Gasteiger partial charge in [-0.15, -0.1) is 0 Å². The maximum atomic E-state index is 13.8. The van der Waals surface area contributed by atoms with Gasteiger partial charge >= 0.3 is 0 Å². The first kappa shape index (κ1) is 22.1. The van der Waals surface area contributed by atoms with Gasteiger partial charge in [-0.2, -0.15) is 0 Å². The fourth-order valence-electron chi connectivity index (χ4n) is 5.31. The minimum absolute atomic E-state index is 0.0382. The van der Waals surface area contributed by atoms with Crippen LogP contribution < -0.4 is 11.1 Å². The van der Waals surface area contributed by atoms with Crippen LogP contribution in [0.1, 0.15) is 53.7 Å². The van der Waals surface area contributed by atoms with Crippen LogP contribution in [-0.4, -0.2) is 34.7 Å². The molecule has 2 atom stereocenters. The fourth-order valence-corrected chi connectivity index (χ4v) is 5.31. The lowest BCUT2D eigenvalue weighted by Gasteiger charge is -2.43. The number of nitrogens with one attached hydrogen (secondary N) is 1. The van der Waals surface area contributed by atoms with Gasteiger partial charge in [-0.25, -0.2) is 0 Å². The van der Waals surface area contributed by atoms with Crippen molar-refractivity contribution in [1.82, 2.24) is 10.2 Å². The topological polar surface area (TPSA) is 92.5 Å². The maximum absolute atomic E-state index is 13.8. The minimum Gasteiger partial charge on any atom is -0.366 e. The summed E-state index contributed by atoms with van der Waals surface area (Å²) >= 11 is 0. The average molecular weight is 434 g/mol. The Balaban J connectivity index is 1.64. The summed E-state index contributed by atoms with van der Waals surface area (Å²) in [5, 5.41) is 3.08. The van der Waals surface area contributed by atoms with Crippen molar-refractivity contribution < 1.29 is 14.4 Å². The minimum atomic E-state index is -0.542. The van der Waals surface area contributed by atoms with E-state index in [4.69, 9.17) is 5.73 Å². The lowest BCUT2D eigenvalue weighted by molar-refractivity contribution is -0.154. The van der Waals surface area contributed by atoms with Gasteiger partial charge in [-0.3, -0.25) is 14.4 Å². The zero-order valence-electron chi connectivity index (χ0n) is 18.7. The van der Waals surface area contributed by atoms with Crippen LogP contribution in [-0.2, 0) is 29.0 Å². The highest BCUT2D eigenvalue weighted by Crippen LogP contribution is 2.33. The molecule has 168 valence electrons. The molecular formula is C26H31N3O3. The van der Waals surface area contributed by atoms with Crippen LogP contribution in [0.3, 0.4) is 0 Å². The summed E-state index contributed by atoms with van der Waals surface area (Å²) in [5.74, 6) is -0.507. The molecule has 0 bridgehead atoms. The molecule has 1 aliphatic carbocycles. The summed E-state index contributed by atoms with van der Waals surface area (Å²) in [6, 6.07) is 14.2. The first-order valence-electron chi connectivity index (χ1n) is 11.5. The van der Waals surface area contributed by atoms with E-state index >= 15 is 0 Å². The van der Waals surface area contributed by atoms with Crippen molar-refractivity contribution >= 4 is 17.7 Å². The summed E-state index contributed by atoms with van der Waals surface area (Å²) in [6.07, 6.45) is 3.18. The third kappa shape index (κ3) is 4.14. The van der Waals surface area contributed by atoms with Gasteiger partial charge in [0.2, 0.25) is 17.7 Å². The van der Waals surface area contributed by atoms with E-state index in [0.717, 1.165) is 31.2 Å². The molecule has 2 aromatic carbocycles. The number of piperazine rings is 1. The zero-order valence-corrected chi connectivity index (χ0v) is 18.7. The Hall–Kier alpha value is -3.15. The number of nitrogens with two attached hydrogens (primary N) is 1. The molecule has 1 saturated heterocycles. The highest BCUT2D eigenvalue weighted by atomic mass is 16.2. The molecule has 0 unspecified atom stereocenters. The van der Waals surface area contributed by atoms with E-state index in [-0.39, 0.29) is 30.2 Å². The summed E-state index contributed by atoms with van der Waals surface area (Å²) in [4.78, 5) is 40.5. The number of nitrogens with zero attached hydrogens (tertiary/aromatic N) is 1. The lowest BCUT2D eigenvalue weighted by atomic mass is 9.86. The molecule has 0 radical (unpaired) electrons. The van der Waals surface area contributed by atoms with Gasteiger partial charge in [0.05, 0.1) is 0 Å². The summed E-state index contributed by atoms with van der Waals surface area (Å²) in [5.41, 5.74) is 9.15. The maximum Gasteiger partial charge on any atom is 0.248 e. The van der Waals surface area contributed by atoms with E-state index in [2.05, 4.69) is 31.3 Å². The first-order valence-corrected chi connectivity index (χ1v) is 11.5. The SMILES string of the molecule is CCC(CC)[C@@H]1C(=O)N[C@H](C2Cc3ccccc3C2)C(=O)N1Cc1cccc(C(N)=O)c1. The van der Waals surface area contributed by atoms with Crippen LogP contribution in [0.15, 0.2) is 48.5 Å². The molecule has 2 aromatic rings. The predicted molar refractivity (Wildman–Crippen MR) is 123 cm³/mol. The number of rotatable bonds is 7. The third-order valence-electron chi connectivity index (χ3n) is 7.06. The van der Waals surface area contributed by atoms with E-state index in [1.54, 1.807) is 23.1 Å². The Bertz CT molecular complexity index is 1010. The van der Waals surface area contributed by atoms with Crippen molar-refractivity contribution in [2.45, 2.75) is 58.2 Å². The van der Waals surface area contributed by atoms with E-state index in [1.165, 1.54) is 11.1 Å². The first-order chi connectivity index (χ1) is 15.4. The van der Waals surface area contributed by atoms with Crippen LogP contribution in [0.25, 0.3) is 0 Å². The Morgan fingerprint density at radius 2 is 1.72 bits per heavy atom. The van der Waals surface area contributed by atoms with Crippen LogP contribution in [0, 0.1) is 11.8 Å². The Morgan fingerprint density at radius 3 is 2.31 bits per heavy atom. The second-order valence-corrected chi connectivity index (χ2v) is 8.98. The molecule has 32 heavy (non-hydrogen) atoms. The van der Waals surface area contributed by atoms with Gasteiger partial charge < -0.3 is 16.0 Å². The van der Waals surface area contributed by atoms with Gasteiger partial charge in [-0.1, -0.05) is 63.1 Å². The second-order valence-electron chi connectivity index (χ2n) is 8.98. The summed E-state index contributed by atoms with van der Waals surface area (Å²) in [7, 11) is 0. The molecule has 0 spiro atoms. The number of amides is 3. The van der Waals surface area contributed by atoms with Crippen LogP contribution in [0.4, 0.5) is 0 Å². The molecule has 3 N–H and O–H groups in total. The second kappa shape index (κ2) is 9.15. The Labute approximate surface area is 189 Å². The molecule has 4 rings (SSSR count). The molecular weight excluding hydrogens is 402 g/mol. The van der Waals surface area contributed by atoms with Crippen molar-refractivity contribution in [3.63, 3.8) is 0 Å². The molecule has 1 fully saturated rings.